The number of nitrogens with one attached hydrogen (secondary N) is 3. The van der Waals surface area contributed by atoms with E-state index < -0.39 is 17.7 Å². The highest BCUT2D eigenvalue weighted by molar-refractivity contribution is 5.89. The van der Waals surface area contributed by atoms with E-state index in [0.717, 1.165) is 5.56 Å². The minimum atomic E-state index is -1.01. The Morgan fingerprint density at radius 3 is 2.61 bits per heavy atom. The van der Waals surface area contributed by atoms with Crippen molar-refractivity contribution >= 4 is 23.6 Å². The number of benzene rings is 1. The van der Waals surface area contributed by atoms with E-state index in [0.29, 0.717) is 22.9 Å². The van der Waals surface area contributed by atoms with E-state index in [-0.39, 0.29) is 25.3 Å². The Bertz CT molecular complexity index is 1110. The fourth-order valence-corrected chi connectivity index (χ4v) is 3.12. The van der Waals surface area contributed by atoms with Gasteiger partial charge in [-0.2, -0.15) is 4.98 Å². The van der Waals surface area contributed by atoms with Crippen LogP contribution in [0.25, 0.3) is 0 Å². The summed E-state index contributed by atoms with van der Waals surface area (Å²) in [6, 6.07) is 6.70. The molecule has 2 aromatic heterocycles. The lowest BCUT2D eigenvalue weighted by Crippen LogP contribution is -2.30. The van der Waals surface area contributed by atoms with Crippen LogP contribution >= 0.6 is 0 Å². The predicted octanol–water partition coefficient (Wildman–Crippen LogP) is 2.09. The van der Waals surface area contributed by atoms with Gasteiger partial charge in [-0.3, -0.25) is 19.5 Å². The minimum Gasteiger partial charge on any atom is -0.481 e. The number of aliphatic carboxylic acids is 1. The van der Waals surface area contributed by atoms with Gasteiger partial charge in [0, 0.05) is 37.1 Å². The SMILES string of the molecule is Cc1ccc(C(CC(=O)O)n2cc(C)c(NCCC(=O)Nc3ncc[nH]3)nc2=O)cc1. The van der Waals surface area contributed by atoms with Gasteiger partial charge in [0.2, 0.25) is 11.9 Å². The fourth-order valence-electron chi connectivity index (χ4n) is 3.12. The summed E-state index contributed by atoms with van der Waals surface area (Å²) in [6.07, 6.45) is 4.63. The van der Waals surface area contributed by atoms with Crippen LogP contribution in [-0.4, -0.2) is 43.0 Å². The highest BCUT2D eigenvalue weighted by Crippen LogP contribution is 2.22. The van der Waals surface area contributed by atoms with Crippen LogP contribution in [0, 0.1) is 13.8 Å². The van der Waals surface area contributed by atoms with Crippen molar-refractivity contribution in [3.63, 3.8) is 0 Å². The van der Waals surface area contributed by atoms with Crippen LogP contribution in [0.4, 0.5) is 11.8 Å². The van der Waals surface area contributed by atoms with Crippen molar-refractivity contribution in [2.75, 3.05) is 17.2 Å². The first-order valence-electron chi connectivity index (χ1n) is 9.74. The predicted molar refractivity (Wildman–Crippen MR) is 115 cm³/mol. The van der Waals surface area contributed by atoms with E-state index in [4.69, 9.17) is 0 Å². The zero-order chi connectivity index (χ0) is 22.4. The number of amides is 1. The van der Waals surface area contributed by atoms with Crippen LogP contribution in [0.3, 0.4) is 0 Å². The van der Waals surface area contributed by atoms with Gasteiger partial charge in [-0.15, -0.1) is 0 Å². The molecule has 31 heavy (non-hydrogen) atoms. The summed E-state index contributed by atoms with van der Waals surface area (Å²) in [6.45, 7) is 3.96. The maximum atomic E-state index is 12.7. The molecule has 10 heteroatoms. The number of hydrogen-bond acceptors (Lipinski definition) is 6. The van der Waals surface area contributed by atoms with Gasteiger partial charge in [0.25, 0.3) is 0 Å². The van der Waals surface area contributed by atoms with Gasteiger partial charge in [-0.25, -0.2) is 9.78 Å². The lowest BCUT2D eigenvalue weighted by atomic mass is 10.0. The average molecular weight is 424 g/mol. The van der Waals surface area contributed by atoms with Crippen LogP contribution in [-0.2, 0) is 9.59 Å². The van der Waals surface area contributed by atoms with Gasteiger partial charge in [-0.1, -0.05) is 29.8 Å². The number of H-pyrrole nitrogens is 1. The third-order valence-electron chi connectivity index (χ3n) is 4.70. The van der Waals surface area contributed by atoms with Crippen LogP contribution in [0.5, 0.6) is 0 Å². The zero-order valence-electron chi connectivity index (χ0n) is 17.3. The van der Waals surface area contributed by atoms with Gasteiger partial charge in [0.05, 0.1) is 12.5 Å². The largest absolute Gasteiger partial charge is 0.481 e. The molecule has 4 N–H and O–H groups in total. The van der Waals surface area contributed by atoms with Gasteiger partial charge in [0.15, 0.2) is 0 Å². The van der Waals surface area contributed by atoms with E-state index in [9.17, 15) is 19.5 Å². The standard InChI is InChI=1S/C21H24N6O4/c1-13-3-5-15(6-4-13)16(11-18(29)30)27-12-14(2)19(26-21(27)31)22-8-7-17(28)25-20-23-9-10-24-20/h3-6,9-10,12,16H,7-8,11H2,1-2H3,(H,29,30)(H,22,26,31)(H2,23,24,25,28). The third kappa shape index (κ3) is 5.78. The molecule has 3 aromatic rings. The molecule has 1 aromatic carbocycles. The Kier molecular flexibility index (Phi) is 6.81. The van der Waals surface area contributed by atoms with E-state index >= 15 is 0 Å². The molecular formula is C21H24N6O4. The first-order chi connectivity index (χ1) is 14.8. The number of hydrogen-bond donors (Lipinski definition) is 4. The summed E-state index contributed by atoms with van der Waals surface area (Å²) in [5.74, 6) is -0.540. The number of aromatic amines is 1. The van der Waals surface area contributed by atoms with E-state index in [1.165, 1.54) is 10.8 Å². The van der Waals surface area contributed by atoms with E-state index in [1.807, 2.05) is 31.2 Å². The van der Waals surface area contributed by atoms with Crippen molar-refractivity contribution in [3.8, 4) is 0 Å². The molecule has 0 saturated carbocycles. The number of carboxylic acids is 1. The molecule has 1 atom stereocenters. The summed E-state index contributed by atoms with van der Waals surface area (Å²) >= 11 is 0. The second-order valence-corrected chi connectivity index (χ2v) is 7.15. The molecule has 3 rings (SSSR count). The molecule has 0 bridgehead atoms. The van der Waals surface area contributed by atoms with Crippen molar-refractivity contribution in [3.05, 3.63) is 70.0 Å². The Morgan fingerprint density at radius 2 is 1.97 bits per heavy atom. The fraction of sp³-hybridized carbons (Fsp3) is 0.286. The number of rotatable bonds is 9. The highest BCUT2D eigenvalue weighted by atomic mass is 16.4. The topological polar surface area (TPSA) is 142 Å². The molecular weight excluding hydrogens is 400 g/mol. The maximum Gasteiger partial charge on any atom is 0.350 e. The second kappa shape index (κ2) is 9.70. The number of imidazole rings is 1. The summed E-state index contributed by atoms with van der Waals surface area (Å²) in [7, 11) is 0. The number of aryl methyl sites for hydroxylation is 2. The van der Waals surface area contributed by atoms with E-state index in [1.54, 1.807) is 19.3 Å². The lowest BCUT2D eigenvalue weighted by molar-refractivity contribution is -0.137. The van der Waals surface area contributed by atoms with Crippen molar-refractivity contribution in [1.29, 1.82) is 0 Å². The second-order valence-electron chi connectivity index (χ2n) is 7.15. The number of carbonyl (C=O) groups excluding carboxylic acids is 1. The first-order valence-corrected chi connectivity index (χ1v) is 9.74. The summed E-state index contributed by atoms with van der Waals surface area (Å²) < 4.78 is 1.34. The summed E-state index contributed by atoms with van der Waals surface area (Å²) in [5, 5.41) is 14.9. The summed E-state index contributed by atoms with van der Waals surface area (Å²) in [5.41, 5.74) is 1.84. The van der Waals surface area contributed by atoms with Gasteiger partial charge >= 0.3 is 11.7 Å². The number of carboxylic acid groups (broad SMARTS) is 1. The van der Waals surface area contributed by atoms with Gasteiger partial charge in [-0.05, 0) is 19.4 Å². The molecule has 0 saturated heterocycles. The molecule has 0 spiro atoms. The Hall–Kier alpha value is -3.95. The Balaban J connectivity index is 1.73. The van der Waals surface area contributed by atoms with Crippen LogP contribution in [0.15, 0.2) is 47.7 Å². The zero-order valence-corrected chi connectivity index (χ0v) is 17.3. The molecule has 0 aliphatic carbocycles. The number of carbonyl (C=O) groups is 2. The van der Waals surface area contributed by atoms with Gasteiger partial charge in [0.1, 0.15) is 5.82 Å². The average Bonchev–Trinajstić information content (AvgIpc) is 3.22. The van der Waals surface area contributed by atoms with Crippen LogP contribution < -0.4 is 16.3 Å². The van der Waals surface area contributed by atoms with Crippen LogP contribution in [0.1, 0.15) is 35.6 Å². The van der Waals surface area contributed by atoms with Crippen molar-refractivity contribution in [1.82, 2.24) is 19.5 Å². The quantitative estimate of drug-likeness (QED) is 0.412. The molecule has 0 aliphatic rings. The highest BCUT2D eigenvalue weighted by Gasteiger charge is 2.20. The number of aromatic nitrogens is 4. The summed E-state index contributed by atoms with van der Waals surface area (Å²) in [4.78, 5) is 46.8. The molecule has 0 radical (unpaired) electrons. The van der Waals surface area contributed by atoms with E-state index in [2.05, 4.69) is 25.6 Å². The minimum absolute atomic E-state index is 0.149. The molecule has 0 fully saturated rings. The van der Waals surface area contributed by atoms with Crippen LogP contribution in [0.2, 0.25) is 0 Å². The monoisotopic (exact) mass is 424 g/mol. The Labute approximate surface area is 178 Å². The molecule has 10 nitrogen and oxygen atoms in total. The number of nitrogens with zero attached hydrogens (tertiary/aromatic N) is 3. The molecule has 1 unspecified atom stereocenters. The van der Waals surface area contributed by atoms with Gasteiger partial charge < -0.3 is 15.4 Å². The number of anilines is 2. The van der Waals surface area contributed by atoms with Crippen molar-refractivity contribution in [2.45, 2.75) is 32.7 Å². The maximum absolute atomic E-state index is 12.7. The molecule has 2 heterocycles. The molecule has 1 amide bonds. The normalized spacial score (nSPS) is 11.7. The Morgan fingerprint density at radius 1 is 1.23 bits per heavy atom. The smallest absolute Gasteiger partial charge is 0.350 e. The first kappa shape index (κ1) is 21.8. The lowest BCUT2D eigenvalue weighted by Gasteiger charge is -2.20. The molecule has 162 valence electrons. The van der Waals surface area contributed by atoms with Crippen molar-refractivity contribution in [2.24, 2.45) is 0 Å². The van der Waals surface area contributed by atoms with Crippen molar-refractivity contribution < 1.29 is 14.7 Å². The third-order valence-corrected chi connectivity index (χ3v) is 4.70. The molecule has 0 aliphatic heterocycles.